The second-order valence-electron chi connectivity index (χ2n) is 5.79. The molecular weight excluding hydrogens is 249 g/mol. The lowest BCUT2D eigenvalue weighted by atomic mass is 10.00. The summed E-state index contributed by atoms with van der Waals surface area (Å²) in [6, 6.07) is 14.0. The Kier molecular flexibility index (Phi) is 3.47. The average Bonchev–Trinajstić information content (AvgIpc) is 2.84. The summed E-state index contributed by atoms with van der Waals surface area (Å²) >= 11 is 0. The first-order valence-corrected chi connectivity index (χ1v) is 7.29. The lowest BCUT2D eigenvalue weighted by Crippen LogP contribution is -2.09. The molecule has 0 saturated heterocycles. The third-order valence-corrected chi connectivity index (χ3v) is 4.13. The highest BCUT2D eigenvalue weighted by Crippen LogP contribution is 2.36. The van der Waals surface area contributed by atoms with Crippen LogP contribution >= 0.6 is 0 Å². The number of nitrogens with one attached hydrogen (secondary N) is 1. The number of halogens is 1. The van der Waals surface area contributed by atoms with Crippen LogP contribution in [0.25, 0.3) is 0 Å². The molecule has 1 aliphatic rings. The van der Waals surface area contributed by atoms with Gasteiger partial charge >= 0.3 is 0 Å². The van der Waals surface area contributed by atoms with Crippen molar-refractivity contribution >= 4 is 5.69 Å². The third-order valence-electron chi connectivity index (χ3n) is 4.13. The van der Waals surface area contributed by atoms with Crippen molar-refractivity contribution in [2.24, 2.45) is 0 Å². The van der Waals surface area contributed by atoms with Gasteiger partial charge in [-0.2, -0.15) is 0 Å². The molecule has 0 saturated carbocycles. The van der Waals surface area contributed by atoms with Crippen LogP contribution in [0.4, 0.5) is 10.1 Å². The van der Waals surface area contributed by atoms with Crippen LogP contribution in [-0.4, -0.2) is 0 Å². The fourth-order valence-corrected chi connectivity index (χ4v) is 3.08. The van der Waals surface area contributed by atoms with Crippen molar-refractivity contribution < 1.29 is 4.39 Å². The predicted molar refractivity (Wildman–Crippen MR) is 81.6 cm³/mol. The fraction of sp³-hybridized carbons (Fsp3) is 0.333. The highest BCUT2D eigenvalue weighted by Gasteiger charge is 2.25. The minimum absolute atomic E-state index is 0.0658. The molecule has 0 aromatic heterocycles. The Morgan fingerprint density at radius 2 is 1.90 bits per heavy atom. The van der Waals surface area contributed by atoms with Gasteiger partial charge in [-0.1, -0.05) is 44.2 Å². The second kappa shape index (κ2) is 5.28. The smallest absolute Gasteiger partial charge is 0.126 e. The molecule has 3 rings (SSSR count). The molecule has 2 heteroatoms. The van der Waals surface area contributed by atoms with Gasteiger partial charge in [-0.15, -0.1) is 0 Å². The van der Waals surface area contributed by atoms with Crippen molar-refractivity contribution in [3.8, 4) is 0 Å². The summed E-state index contributed by atoms with van der Waals surface area (Å²) in [6.45, 7) is 4.39. The van der Waals surface area contributed by atoms with E-state index in [-0.39, 0.29) is 11.9 Å². The molecular formula is C18H20FN. The van der Waals surface area contributed by atoms with Gasteiger partial charge in [0, 0.05) is 5.69 Å². The Hall–Kier alpha value is -1.83. The van der Waals surface area contributed by atoms with E-state index in [1.165, 1.54) is 11.3 Å². The first kappa shape index (κ1) is 13.2. The summed E-state index contributed by atoms with van der Waals surface area (Å²) in [5.74, 6) is 0.413. The third kappa shape index (κ3) is 2.31. The largest absolute Gasteiger partial charge is 0.378 e. The van der Waals surface area contributed by atoms with Crippen molar-refractivity contribution in [1.82, 2.24) is 0 Å². The number of rotatable bonds is 3. The van der Waals surface area contributed by atoms with Crippen molar-refractivity contribution in [2.75, 3.05) is 5.32 Å². The minimum atomic E-state index is -0.0658. The van der Waals surface area contributed by atoms with Gasteiger partial charge in [-0.25, -0.2) is 4.39 Å². The molecule has 1 atom stereocenters. The molecule has 0 heterocycles. The van der Waals surface area contributed by atoms with Gasteiger partial charge in [0.2, 0.25) is 0 Å². The maximum Gasteiger partial charge on any atom is 0.126 e. The summed E-state index contributed by atoms with van der Waals surface area (Å²) in [7, 11) is 0. The Morgan fingerprint density at radius 3 is 2.70 bits per heavy atom. The Morgan fingerprint density at radius 1 is 1.10 bits per heavy atom. The highest BCUT2D eigenvalue weighted by atomic mass is 19.1. The van der Waals surface area contributed by atoms with E-state index < -0.39 is 0 Å². The SMILES string of the molecule is CC(C)c1ccccc1NC1CCc2c(F)cccc21. The molecule has 0 aliphatic heterocycles. The maximum absolute atomic E-state index is 13.8. The fourth-order valence-electron chi connectivity index (χ4n) is 3.08. The molecule has 1 N–H and O–H groups in total. The molecule has 0 radical (unpaired) electrons. The van der Waals surface area contributed by atoms with Crippen molar-refractivity contribution in [1.29, 1.82) is 0 Å². The van der Waals surface area contributed by atoms with Gasteiger partial charge in [0.1, 0.15) is 5.82 Å². The van der Waals surface area contributed by atoms with E-state index in [1.54, 1.807) is 6.07 Å². The Labute approximate surface area is 119 Å². The molecule has 2 aromatic rings. The normalized spacial score (nSPS) is 17.3. The van der Waals surface area contributed by atoms with Crippen LogP contribution in [0, 0.1) is 5.82 Å². The van der Waals surface area contributed by atoms with Crippen LogP contribution in [0.1, 0.15) is 48.9 Å². The second-order valence-corrected chi connectivity index (χ2v) is 5.79. The highest BCUT2D eigenvalue weighted by molar-refractivity contribution is 5.55. The van der Waals surface area contributed by atoms with Crippen molar-refractivity contribution in [3.63, 3.8) is 0 Å². The van der Waals surface area contributed by atoms with Crippen molar-refractivity contribution in [3.05, 3.63) is 65.0 Å². The van der Waals surface area contributed by atoms with E-state index in [9.17, 15) is 4.39 Å². The molecule has 20 heavy (non-hydrogen) atoms. The predicted octanol–water partition coefficient (Wildman–Crippen LogP) is 5.05. The number of fused-ring (bicyclic) bond motifs is 1. The molecule has 1 aliphatic carbocycles. The van der Waals surface area contributed by atoms with Gasteiger partial charge in [-0.3, -0.25) is 0 Å². The van der Waals surface area contributed by atoms with Gasteiger partial charge < -0.3 is 5.32 Å². The zero-order chi connectivity index (χ0) is 14.1. The number of para-hydroxylation sites is 1. The van der Waals surface area contributed by atoms with E-state index in [0.29, 0.717) is 5.92 Å². The summed E-state index contributed by atoms with van der Waals surface area (Å²) in [6.07, 6.45) is 1.78. The summed E-state index contributed by atoms with van der Waals surface area (Å²) < 4.78 is 13.8. The van der Waals surface area contributed by atoms with Crippen molar-refractivity contribution in [2.45, 2.75) is 38.6 Å². The quantitative estimate of drug-likeness (QED) is 0.822. The van der Waals surface area contributed by atoms with Crippen LogP contribution in [0.15, 0.2) is 42.5 Å². The minimum Gasteiger partial charge on any atom is -0.378 e. The Balaban J connectivity index is 1.90. The van der Waals surface area contributed by atoms with E-state index in [2.05, 4.69) is 43.4 Å². The molecule has 0 amide bonds. The molecule has 0 fully saturated rings. The molecule has 2 aromatic carbocycles. The average molecular weight is 269 g/mol. The summed E-state index contributed by atoms with van der Waals surface area (Å²) in [5.41, 5.74) is 4.48. The van der Waals surface area contributed by atoms with Gasteiger partial charge in [-0.05, 0) is 47.6 Å². The summed E-state index contributed by atoms with van der Waals surface area (Å²) in [4.78, 5) is 0. The number of hydrogen-bond donors (Lipinski definition) is 1. The number of anilines is 1. The van der Waals surface area contributed by atoms with Gasteiger partial charge in [0.05, 0.1) is 6.04 Å². The first-order chi connectivity index (χ1) is 9.66. The van der Waals surface area contributed by atoms with Crippen LogP contribution in [0.3, 0.4) is 0 Å². The van der Waals surface area contributed by atoms with Crippen LogP contribution < -0.4 is 5.32 Å². The van der Waals surface area contributed by atoms with E-state index in [0.717, 1.165) is 24.0 Å². The molecule has 1 nitrogen and oxygen atoms in total. The van der Waals surface area contributed by atoms with Crippen LogP contribution in [-0.2, 0) is 6.42 Å². The first-order valence-electron chi connectivity index (χ1n) is 7.29. The molecule has 0 spiro atoms. The lowest BCUT2D eigenvalue weighted by molar-refractivity contribution is 0.612. The van der Waals surface area contributed by atoms with Gasteiger partial charge in [0.15, 0.2) is 0 Å². The topological polar surface area (TPSA) is 12.0 Å². The Bertz CT molecular complexity index is 619. The number of hydrogen-bond acceptors (Lipinski definition) is 1. The zero-order valence-corrected chi connectivity index (χ0v) is 12.0. The lowest BCUT2D eigenvalue weighted by Gasteiger charge is -2.20. The maximum atomic E-state index is 13.8. The zero-order valence-electron chi connectivity index (χ0n) is 12.0. The van der Waals surface area contributed by atoms with E-state index in [1.807, 2.05) is 12.1 Å². The van der Waals surface area contributed by atoms with E-state index in [4.69, 9.17) is 0 Å². The monoisotopic (exact) mass is 269 g/mol. The summed E-state index contributed by atoms with van der Waals surface area (Å²) in [5, 5.41) is 3.61. The van der Waals surface area contributed by atoms with E-state index >= 15 is 0 Å². The standard InChI is InChI=1S/C18H20FN/c1-12(2)13-6-3-4-9-17(13)20-18-11-10-14-15(18)7-5-8-16(14)19/h3-9,12,18,20H,10-11H2,1-2H3. The van der Waals surface area contributed by atoms with Crippen LogP contribution in [0.5, 0.6) is 0 Å². The molecule has 104 valence electrons. The van der Waals surface area contributed by atoms with Crippen LogP contribution in [0.2, 0.25) is 0 Å². The molecule has 1 unspecified atom stereocenters. The number of benzene rings is 2. The molecule has 0 bridgehead atoms. The van der Waals surface area contributed by atoms with Gasteiger partial charge in [0.25, 0.3) is 0 Å².